The Morgan fingerprint density at radius 2 is 2.07 bits per heavy atom. The number of hydrogen-bond donors (Lipinski definition) is 0. The number of hydrogen-bond acceptors (Lipinski definition) is 6. The van der Waals surface area contributed by atoms with Crippen LogP contribution in [0.4, 0.5) is 0 Å². The molecule has 0 radical (unpaired) electrons. The summed E-state index contributed by atoms with van der Waals surface area (Å²) in [5, 5.41) is 0. The lowest BCUT2D eigenvalue weighted by Crippen LogP contribution is -2.58. The molecule has 6 nitrogen and oxygen atoms in total. The fourth-order valence-electron chi connectivity index (χ4n) is 4.22. The summed E-state index contributed by atoms with van der Waals surface area (Å²) in [7, 11) is 0. The Hall–Kier alpha value is -2.93. The highest BCUT2D eigenvalue weighted by molar-refractivity contribution is 7.07. The van der Waals surface area contributed by atoms with Crippen LogP contribution in [0.5, 0.6) is 5.75 Å². The highest BCUT2D eigenvalue weighted by Crippen LogP contribution is 2.47. The van der Waals surface area contributed by atoms with Gasteiger partial charge < -0.3 is 9.15 Å². The van der Waals surface area contributed by atoms with Crippen molar-refractivity contribution in [3.8, 4) is 5.75 Å². The van der Waals surface area contributed by atoms with Gasteiger partial charge in [0.15, 0.2) is 4.80 Å². The van der Waals surface area contributed by atoms with Crippen molar-refractivity contribution in [3.63, 3.8) is 0 Å². The SMILES string of the molecule is CC(=O)[C@@H]1[C@@H]2c3ccccc3O[C@]1(C)N=c1s/c(=C/c3ccc(C)o3)c(=O)n12. The number of carbonyl (C=O) groups excluding carboxylic acids is 1. The number of ether oxygens (including phenoxy) is 1. The number of para-hydroxylation sites is 1. The number of rotatable bonds is 2. The van der Waals surface area contributed by atoms with Gasteiger partial charge in [-0.25, -0.2) is 4.99 Å². The largest absolute Gasteiger partial charge is 0.465 e. The molecule has 1 aromatic carbocycles. The van der Waals surface area contributed by atoms with Crippen molar-refractivity contribution >= 4 is 23.2 Å². The smallest absolute Gasteiger partial charge is 0.271 e. The van der Waals surface area contributed by atoms with Crippen LogP contribution >= 0.6 is 11.3 Å². The summed E-state index contributed by atoms with van der Waals surface area (Å²) in [6.07, 6.45) is 1.72. The van der Waals surface area contributed by atoms with Crippen LogP contribution in [0.15, 0.2) is 50.6 Å². The first-order valence-corrected chi connectivity index (χ1v) is 9.87. The zero-order valence-corrected chi connectivity index (χ0v) is 16.4. The molecule has 2 aromatic heterocycles. The van der Waals surface area contributed by atoms with E-state index in [4.69, 9.17) is 14.1 Å². The summed E-state index contributed by atoms with van der Waals surface area (Å²) in [6, 6.07) is 10.8. The van der Waals surface area contributed by atoms with Crippen LogP contribution in [-0.4, -0.2) is 16.1 Å². The van der Waals surface area contributed by atoms with Gasteiger partial charge >= 0.3 is 0 Å². The van der Waals surface area contributed by atoms with Crippen molar-refractivity contribution < 1.29 is 13.9 Å². The van der Waals surface area contributed by atoms with Crippen LogP contribution in [0.3, 0.4) is 0 Å². The van der Waals surface area contributed by atoms with Crippen molar-refractivity contribution in [2.45, 2.75) is 32.5 Å². The Balaban J connectivity index is 1.82. The Labute approximate surface area is 164 Å². The maximum absolute atomic E-state index is 13.3. The second kappa shape index (κ2) is 5.78. The van der Waals surface area contributed by atoms with Gasteiger partial charge in [0.2, 0.25) is 5.72 Å². The normalized spacial score (nSPS) is 25.5. The molecule has 0 N–H and O–H groups in total. The zero-order chi connectivity index (χ0) is 19.6. The van der Waals surface area contributed by atoms with Crippen LogP contribution in [0, 0.1) is 12.8 Å². The van der Waals surface area contributed by atoms with Crippen molar-refractivity contribution in [1.29, 1.82) is 0 Å². The number of Topliss-reactive ketones (excluding diaryl/α,β-unsaturated/α-hetero) is 1. The van der Waals surface area contributed by atoms with Crippen molar-refractivity contribution in [1.82, 2.24) is 4.57 Å². The molecule has 2 aliphatic rings. The predicted molar refractivity (Wildman–Crippen MR) is 104 cm³/mol. The lowest BCUT2D eigenvalue weighted by Gasteiger charge is -2.45. The van der Waals surface area contributed by atoms with E-state index in [9.17, 15) is 9.59 Å². The molecule has 7 heteroatoms. The van der Waals surface area contributed by atoms with Gasteiger partial charge in [-0.2, -0.15) is 0 Å². The molecule has 0 amide bonds. The summed E-state index contributed by atoms with van der Waals surface area (Å²) >= 11 is 1.29. The Morgan fingerprint density at radius 3 is 2.79 bits per heavy atom. The number of benzene rings is 1. The van der Waals surface area contributed by atoms with E-state index in [0.717, 1.165) is 11.3 Å². The highest BCUT2D eigenvalue weighted by atomic mass is 32.1. The standard InChI is InChI=1S/C21H18N2O4S/c1-11-8-9-13(26-11)10-16-19(25)23-18-14-6-4-5-7-15(14)27-21(3,17(18)12(2)24)22-20(23)28-16/h4-10,17-18H,1-3H3/b16-10+/t17-,18+,21+/m1/s1. The molecule has 4 heterocycles. The average Bonchev–Trinajstić information content (AvgIpc) is 3.16. The summed E-state index contributed by atoms with van der Waals surface area (Å²) in [5.74, 6) is 1.43. The van der Waals surface area contributed by atoms with Crippen LogP contribution in [0.1, 0.15) is 37.0 Å². The van der Waals surface area contributed by atoms with Crippen molar-refractivity contribution in [3.05, 3.63) is 73.2 Å². The highest BCUT2D eigenvalue weighted by Gasteiger charge is 2.53. The van der Waals surface area contributed by atoms with Crippen molar-refractivity contribution in [2.24, 2.45) is 10.9 Å². The first-order valence-electron chi connectivity index (χ1n) is 9.05. The topological polar surface area (TPSA) is 73.8 Å². The van der Waals surface area contributed by atoms with Crippen LogP contribution in [0.2, 0.25) is 0 Å². The summed E-state index contributed by atoms with van der Waals surface area (Å²) in [6.45, 7) is 5.20. The molecule has 0 unspecified atom stereocenters. The van der Waals surface area contributed by atoms with Crippen molar-refractivity contribution in [2.75, 3.05) is 0 Å². The quantitative estimate of drug-likeness (QED) is 0.668. The van der Waals surface area contributed by atoms with Gasteiger partial charge in [0.1, 0.15) is 29.0 Å². The number of aromatic nitrogens is 1. The molecule has 0 spiro atoms. The summed E-state index contributed by atoms with van der Waals surface area (Å²) < 4.78 is 13.9. The predicted octanol–water partition coefficient (Wildman–Crippen LogP) is 2.18. The molecule has 142 valence electrons. The van der Waals surface area contributed by atoms with Crippen LogP contribution < -0.4 is 19.6 Å². The van der Waals surface area contributed by atoms with E-state index in [0.29, 0.717) is 20.8 Å². The maximum atomic E-state index is 13.3. The molecule has 0 fully saturated rings. The third-order valence-electron chi connectivity index (χ3n) is 5.35. The molecule has 28 heavy (non-hydrogen) atoms. The van der Waals surface area contributed by atoms with Gasteiger partial charge in [-0.3, -0.25) is 14.2 Å². The molecule has 0 aliphatic carbocycles. The van der Waals surface area contributed by atoms with E-state index < -0.39 is 17.7 Å². The van der Waals surface area contributed by atoms with E-state index in [1.54, 1.807) is 10.6 Å². The molecular weight excluding hydrogens is 376 g/mol. The lowest BCUT2D eigenvalue weighted by atomic mass is 9.79. The number of thiazole rings is 1. The molecular formula is C21H18N2O4S. The fourth-order valence-corrected chi connectivity index (χ4v) is 5.30. The molecule has 5 rings (SSSR count). The van der Waals surface area contributed by atoms with E-state index in [-0.39, 0.29) is 11.3 Å². The summed E-state index contributed by atoms with van der Waals surface area (Å²) in [4.78, 5) is 31.1. The number of ketones is 1. The van der Waals surface area contributed by atoms with Gasteiger partial charge in [0.25, 0.3) is 5.56 Å². The molecule has 3 atom stereocenters. The first-order chi connectivity index (χ1) is 13.4. The molecule has 2 aliphatic heterocycles. The Bertz CT molecular complexity index is 1300. The minimum absolute atomic E-state index is 0.0540. The number of carbonyl (C=O) groups is 1. The minimum atomic E-state index is -1.04. The van der Waals surface area contributed by atoms with Gasteiger partial charge in [0, 0.05) is 11.6 Å². The number of aryl methyl sites for hydroxylation is 1. The second-order valence-electron chi connectivity index (χ2n) is 7.36. The molecule has 2 bridgehead atoms. The molecule has 0 saturated heterocycles. The summed E-state index contributed by atoms with van der Waals surface area (Å²) in [5.41, 5.74) is -0.384. The minimum Gasteiger partial charge on any atom is -0.465 e. The van der Waals surface area contributed by atoms with Gasteiger partial charge in [-0.05, 0) is 39.0 Å². The first kappa shape index (κ1) is 17.2. The number of furan rings is 1. The van der Waals surface area contributed by atoms with E-state index >= 15 is 0 Å². The fraction of sp³-hybridized carbons (Fsp3) is 0.286. The van der Waals surface area contributed by atoms with Crippen LogP contribution in [0.25, 0.3) is 6.08 Å². The molecule has 0 saturated carbocycles. The van der Waals surface area contributed by atoms with E-state index in [1.165, 1.54) is 18.3 Å². The number of nitrogens with zero attached hydrogens (tertiary/aromatic N) is 2. The maximum Gasteiger partial charge on any atom is 0.271 e. The Morgan fingerprint density at radius 1 is 1.29 bits per heavy atom. The van der Waals surface area contributed by atoms with Gasteiger partial charge in [0.05, 0.1) is 10.6 Å². The van der Waals surface area contributed by atoms with E-state index in [1.807, 2.05) is 50.2 Å². The molecule has 3 aromatic rings. The number of fused-ring (bicyclic) bond motifs is 6. The average molecular weight is 394 g/mol. The van der Waals surface area contributed by atoms with Gasteiger partial charge in [-0.15, -0.1) is 0 Å². The zero-order valence-electron chi connectivity index (χ0n) is 15.6. The lowest BCUT2D eigenvalue weighted by molar-refractivity contribution is -0.132. The third kappa shape index (κ3) is 2.36. The van der Waals surface area contributed by atoms with E-state index in [2.05, 4.69) is 0 Å². The third-order valence-corrected chi connectivity index (χ3v) is 6.34. The monoisotopic (exact) mass is 394 g/mol. The Kier molecular flexibility index (Phi) is 3.55. The second-order valence-corrected chi connectivity index (χ2v) is 8.37. The van der Waals surface area contributed by atoms with Gasteiger partial charge in [-0.1, -0.05) is 29.5 Å². The van der Waals surface area contributed by atoms with Crippen LogP contribution in [-0.2, 0) is 4.79 Å².